The molecule has 7 heteroatoms. The molecule has 1 aliphatic heterocycles. The topological polar surface area (TPSA) is 90.3 Å². The number of carbonyl (C=O) groups excluding carboxylic acids is 1. The van der Waals surface area contributed by atoms with Gasteiger partial charge in [-0.3, -0.25) is 0 Å². The van der Waals surface area contributed by atoms with E-state index in [-0.39, 0.29) is 19.7 Å². The van der Waals surface area contributed by atoms with Crippen LogP contribution in [0.15, 0.2) is 30.3 Å². The van der Waals surface area contributed by atoms with Crippen molar-refractivity contribution in [1.29, 1.82) is 0 Å². The first-order valence-corrected chi connectivity index (χ1v) is 5.74. The summed E-state index contributed by atoms with van der Waals surface area (Å²) in [6.45, 7) is -0.157. The molecule has 0 saturated carbocycles. The Balaban J connectivity index is 1.94. The Kier molecular flexibility index (Phi) is 3.86. The van der Waals surface area contributed by atoms with Crippen molar-refractivity contribution in [2.24, 2.45) is 0 Å². The number of nitrogens with zero attached hydrogens (tertiary/aromatic N) is 2. The molecule has 1 aromatic carbocycles. The number of aliphatic hydroxyl groups excluding tert-OH is 1. The van der Waals surface area contributed by atoms with Crippen molar-refractivity contribution in [3.05, 3.63) is 35.9 Å². The van der Waals surface area contributed by atoms with Gasteiger partial charge in [-0.15, -0.1) is 0 Å². The highest BCUT2D eigenvalue weighted by atomic mass is 16.6. The Labute approximate surface area is 109 Å². The van der Waals surface area contributed by atoms with E-state index in [1.165, 1.54) is 0 Å². The number of benzene rings is 1. The van der Waals surface area contributed by atoms with Crippen molar-refractivity contribution < 1.29 is 24.5 Å². The second kappa shape index (κ2) is 5.57. The van der Waals surface area contributed by atoms with Gasteiger partial charge in [0.1, 0.15) is 6.61 Å². The summed E-state index contributed by atoms with van der Waals surface area (Å²) >= 11 is 0. The molecule has 102 valence electrons. The van der Waals surface area contributed by atoms with Gasteiger partial charge in [-0.25, -0.2) is 19.6 Å². The Morgan fingerprint density at radius 3 is 2.47 bits per heavy atom. The fourth-order valence-electron chi connectivity index (χ4n) is 1.80. The monoisotopic (exact) mass is 266 g/mol. The van der Waals surface area contributed by atoms with Gasteiger partial charge in [0.2, 0.25) is 0 Å². The van der Waals surface area contributed by atoms with Gasteiger partial charge in [0.05, 0.1) is 19.2 Å². The van der Waals surface area contributed by atoms with Gasteiger partial charge in [-0.1, -0.05) is 30.3 Å². The number of rotatable bonds is 2. The van der Waals surface area contributed by atoms with E-state index in [0.29, 0.717) is 0 Å². The van der Waals surface area contributed by atoms with Crippen LogP contribution in [0.2, 0.25) is 0 Å². The maximum Gasteiger partial charge on any atom is 0.429 e. The maximum atomic E-state index is 11.8. The van der Waals surface area contributed by atoms with E-state index in [0.717, 1.165) is 15.6 Å². The molecule has 1 atom stereocenters. The van der Waals surface area contributed by atoms with Gasteiger partial charge in [0.25, 0.3) is 0 Å². The average molecular weight is 266 g/mol. The van der Waals surface area contributed by atoms with Crippen LogP contribution in [0.5, 0.6) is 0 Å². The zero-order valence-corrected chi connectivity index (χ0v) is 10.1. The second-order valence-electron chi connectivity index (χ2n) is 4.14. The lowest BCUT2D eigenvalue weighted by molar-refractivity contribution is 0.0160. The van der Waals surface area contributed by atoms with E-state index in [2.05, 4.69) is 0 Å². The lowest BCUT2D eigenvalue weighted by atomic mass is 10.2. The average Bonchev–Trinajstić information content (AvgIpc) is 2.79. The van der Waals surface area contributed by atoms with Crippen molar-refractivity contribution in [3.63, 3.8) is 0 Å². The largest absolute Gasteiger partial charge is 0.464 e. The molecule has 1 fully saturated rings. The molecule has 0 aromatic heterocycles. The number of amides is 2. The van der Waals surface area contributed by atoms with Gasteiger partial charge in [-0.2, -0.15) is 0 Å². The molecule has 1 heterocycles. The molecule has 0 bridgehead atoms. The number of hydrogen-bond acceptors (Lipinski definition) is 4. The van der Waals surface area contributed by atoms with Crippen LogP contribution in [0.4, 0.5) is 9.59 Å². The lowest BCUT2D eigenvalue weighted by Gasteiger charge is -2.23. The lowest BCUT2D eigenvalue weighted by Crippen LogP contribution is -2.44. The summed E-state index contributed by atoms with van der Waals surface area (Å²) in [4.78, 5) is 22.7. The Morgan fingerprint density at radius 1 is 1.21 bits per heavy atom. The summed E-state index contributed by atoms with van der Waals surface area (Å²) in [7, 11) is 0. The van der Waals surface area contributed by atoms with Crippen molar-refractivity contribution >= 4 is 12.2 Å². The number of aliphatic hydroxyl groups is 1. The number of carboxylic acid groups (broad SMARTS) is 1. The minimum absolute atomic E-state index is 0.0553. The molecule has 0 radical (unpaired) electrons. The molecule has 2 amide bonds. The van der Waals surface area contributed by atoms with Crippen LogP contribution in [0.25, 0.3) is 0 Å². The quantitative estimate of drug-likeness (QED) is 0.829. The minimum atomic E-state index is -1.30. The van der Waals surface area contributed by atoms with Crippen LogP contribution in [-0.4, -0.2) is 51.6 Å². The highest BCUT2D eigenvalue weighted by molar-refractivity contribution is 5.73. The van der Waals surface area contributed by atoms with Crippen molar-refractivity contribution in [2.45, 2.75) is 12.7 Å². The fourth-order valence-corrected chi connectivity index (χ4v) is 1.80. The number of β-amino-alcohol motifs (C(OH)–C–C–N with tert-alkyl or cyclic N) is 1. The molecule has 2 N–H and O–H groups in total. The summed E-state index contributed by atoms with van der Waals surface area (Å²) in [5.74, 6) is 0. The smallest absolute Gasteiger partial charge is 0.429 e. The molecule has 19 heavy (non-hydrogen) atoms. The maximum absolute atomic E-state index is 11.8. The van der Waals surface area contributed by atoms with Crippen molar-refractivity contribution in [1.82, 2.24) is 10.0 Å². The molecular weight excluding hydrogens is 252 g/mol. The number of carbonyl (C=O) groups is 2. The van der Waals surface area contributed by atoms with Crippen LogP contribution in [0.3, 0.4) is 0 Å². The first-order valence-electron chi connectivity index (χ1n) is 5.74. The van der Waals surface area contributed by atoms with Gasteiger partial charge < -0.3 is 14.9 Å². The normalized spacial score (nSPS) is 18.5. The summed E-state index contributed by atoms with van der Waals surface area (Å²) in [6.07, 6.45) is -2.98. The van der Waals surface area contributed by atoms with Crippen LogP contribution in [0.1, 0.15) is 5.56 Å². The Bertz CT molecular complexity index is 464. The molecule has 1 unspecified atom stereocenters. The second-order valence-corrected chi connectivity index (χ2v) is 4.14. The van der Waals surface area contributed by atoms with Crippen molar-refractivity contribution in [3.8, 4) is 0 Å². The van der Waals surface area contributed by atoms with Crippen LogP contribution >= 0.6 is 0 Å². The molecule has 0 spiro atoms. The van der Waals surface area contributed by atoms with E-state index < -0.39 is 18.3 Å². The van der Waals surface area contributed by atoms with Crippen LogP contribution in [-0.2, 0) is 11.3 Å². The zero-order chi connectivity index (χ0) is 13.8. The first kappa shape index (κ1) is 13.2. The molecule has 1 aliphatic rings. The van der Waals surface area contributed by atoms with Crippen LogP contribution < -0.4 is 0 Å². The highest BCUT2D eigenvalue weighted by Gasteiger charge is 2.36. The Hall–Kier alpha value is -2.28. The van der Waals surface area contributed by atoms with E-state index in [4.69, 9.17) is 9.84 Å². The van der Waals surface area contributed by atoms with Crippen molar-refractivity contribution in [2.75, 3.05) is 13.1 Å². The number of hydrazine groups is 1. The molecular formula is C12H14N2O5. The van der Waals surface area contributed by atoms with E-state index >= 15 is 0 Å². The van der Waals surface area contributed by atoms with Crippen LogP contribution in [0, 0.1) is 0 Å². The fraction of sp³-hybridized carbons (Fsp3) is 0.333. The molecule has 1 aromatic rings. The predicted octanol–water partition coefficient (Wildman–Crippen LogP) is 0.895. The number of ether oxygens (including phenoxy) is 1. The third-order valence-electron chi connectivity index (χ3n) is 2.70. The standard InChI is InChI=1S/C12H14N2O5/c15-10-6-13(11(16)17)14(7-10)12(18)19-8-9-4-2-1-3-5-9/h1-5,10,15H,6-8H2,(H,16,17). The minimum Gasteiger partial charge on any atom is -0.464 e. The first-order chi connectivity index (χ1) is 9.08. The van der Waals surface area contributed by atoms with E-state index in [1.54, 1.807) is 12.1 Å². The van der Waals surface area contributed by atoms with Gasteiger partial charge in [-0.05, 0) is 5.56 Å². The van der Waals surface area contributed by atoms with Gasteiger partial charge in [0, 0.05) is 0 Å². The highest BCUT2D eigenvalue weighted by Crippen LogP contribution is 2.13. The van der Waals surface area contributed by atoms with E-state index in [9.17, 15) is 14.7 Å². The third-order valence-corrected chi connectivity index (χ3v) is 2.70. The summed E-state index contributed by atoms with van der Waals surface area (Å²) in [6, 6.07) is 9.05. The summed E-state index contributed by atoms with van der Waals surface area (Å²) in [5.41, 5.74) is 0.803. The third kappa shape index (κ3) is 3.14. The molecule has 2 rings (SSSR count). The van der Waals surface area contributed by atoms with E-state index in [1.807, 2.05) is 18.2 Å². The SMILES string of the molecule is O=C(O)N1CC(O)CN1C(=O)OCc1ccccc1. The summed E-state index contributed by atoms with van der Waals surface area (Å²) in [5, 5.41) is 19.9. The predicted molar refractivity (Wildman–Crippen MR) is 64.1 cm³/mol. The summed E-state index contributed by atoms with van der Waals surface area (Å²) < 4.78 is 5.01. The number of hydrogen-bond donors (Lipinski definition) is 2. The van der Waals surface area contributed by atoms with Gasteiger partial charge >= 0.3 is 12.2 Å². The molecule has 0 aliphatic carbocycles. The molecule has 7 nitrogen and oxygen atoms in total. The zero-order valence-electron chi connectivity index (χ0n) is 10.1. The van der Waals surface area contributed by atoms with Gasteiger partial charge in [0.15, 0.2) is 0 Å². The Morgan fingerprint density at radius 2 is 1.84 bits per heavy atom. The molecule has 1 saturated heterocycles.